The zero-order valence-corrected chi connectivity index (χ0v) is 21.9. The summed E-state index contributed by atoms with van der Waals surface area (Å²) in [7, 11) is 0. The van der Waals surface area contributed by atoms with Gasteiger partial charge in [0.25, 0.3) is 0 Å². The topological polar surface area (TPSA) is 129 Å². The summed E-state index contributed by atoms with van der Waals surface area (Å²) in [6.45, 7) is -0.118. The lowest BCUT2D eigenvalue weighted by molar-refractivity contribution is -0.137. The second kappa shape index (κ2) is 10.6. The molecule has 9 nitrogen and oxygen atoms in total. The number of nitrogens with zero attached hydrogens (tertiary/aromatic N) is 5. The number of nitrogens with one attached hydrogen (secondary N) is 1. The molecule has 0 amide bonds. The van der Waals surface area contributed by atoms with Gasteiger partial charge in [0.1, 0.15) is 6.10 Å². The SMILES string of the molecule is OCC[C@@H]1C[C@H](n2nnc3c(NC4CC4c4ccccc4)nc(Sc4ccc(C(F)(F)F)cc4)nc32)[C@@H](O)[C@H]1O. The molecule has 0 aliphatic heterocycles. The number of halogens is 3. The molecule has 4 N–H and O–H groups in total. The van der Waals surface area contributed by atoms with Crippen LogP contribution in [0.4, 0.5) is 19.0 Å². The van der Waals surface area contributed by atoms with Crippen LogP contribution in [0.1, 0.15) is 42.3 Å². The van der Waals surface area contributed by atoms with Gasteiger partial charge in [-0.1, -0.05) is 35.5 Å². The fraction of sp³-hybridized carbons (Fsp3) is 0.407. The molecule has 0 radical (unpaired) electrons. The monoisotopic (exact) mass is 572 g/mol. The summed E-state index contributed by atoms with van der Waals surface area (Å²) in [5.41, 5.74) is 1.18. The van der Waals surface area contributed by atoms with Crippen LogP contribution in [-0.4, -0.2) is 65.1 Å². The first-order valence-electron chi connectivity index (χ1n) is 13.0. The Morgan fingerprint density at radius 1 is 0.975 bits per heavy atom. The van der Waals surface area contributed by atoms with Gasteiger partial charge in [0.05, 0.1) is 17.7 Å². The smallest absolute Gasteiger partial charge is 0.396 e. The molecule has 2 heterocycles. The Balaban J connectivity index is 1.34. The number of fused-ring (bicyclic) bond motifs is 1. The Morgan fingerprint density at radius 2 is 1.73 bits per heavy atom. The van der Waals surface area contributed by atoms with E-state index < -0.39 is 30.0 Å². The van der Waals surface area contributed by atoms with Gasteiger partial charge in [-0.05, 0) is 66.8 Å². The lowest BCUT2D eigenvalue weighted by Gasteiger charge is -2.17. The first-order chi connectivity index (χ1) is 19.2. The van der Waals surface area contributed by atoms with E-state index >= 15 is 0 Å². The largest absolute Gasteiger partial charge is 0.416 e. The third-order valence-electron chi connectivity index (χ3n) is 7.62. The summed E-state index contributed by atoms with van der Waals surface area (Å²) in [6.07, 6.45) is -5.01. The van der Waals surface area contributed by atoms with Gasteiger partial charge in [-0.15, -0.1) is 5.10 Å². The van der Waals surface area contributed by atoms with Crippen molar-refractivity contribution in [1.82, 2.24) is 25.0 Å². The van der Waals surface area contributed by atoms with Gasteiger partial charge in [-0.25, -0.2) is 14.6 Å². The van der Waals surface area contributed by atoms with Gasteiger partial charge in [-0.3, -0.25) is 0 Å². The third-order valence-corrected chi connectivity index (χ3v) is 8.49. The van der Waals surface area contributed by atoms with Crippen LogP contribution in [0.25, 0.3) is 11.2 Å². The molecule has 2 aliphatic carbocycles. The maximum absolute atomic E-state index is 13.0. The minimum absolute atomic E-state index is 0.0994. The lowest BCUT2D eigenvalue weighted by Crippen LogP contribution is -2.30. The van der Waals surface area contributed by atoms with E-state index in [-0.39, 0.29) is 23.7 Å². The Hall–Kier alpha value is -3.26. The summed E-state index contributed by atoms with van der Waals surface area (Å²) in [6, 6.07) is 14.3. The summed E-state index contributed by atoms with van der Waals surface area (Å²) in [5.74, 6) is 0.412. The molecule has 6 atom stereocenters. The minimum atomic E-state index is -4.44. The van der Waals surface area contributed by atoms with E-state index in [2.05, 4.69) is 37.7 Å². The highest BCUT2D eigenvalue weighted by Crippen LogP contribution is 2.44. The highest BCUT2D eigenvalue weighted by atomic mass is 32.2. The van der Waals surface area contributed by atoms with E-state index in [4.69, 9.17) is 0 Å². The molecular weight excluding hydrogens is 545 g/mol. The van der Waals surface area contributed by atoms with E-state index in [9.17, 15) is 28.5 Å². The van der Waals surface area contributed by atoms with Crippen molar-refractivity contribution in [3.05, 3.63) is 65.7 Å². The highest BCUT2D eigenvalue weighted by Gasteiger charge is 2.44. The number of rotatable bonds is 8. The van der Waals surface area contributed by atoms with E-state index in [0.29, 0.717) is 40.6 Å². The molecule has 210 valence electrons. The van der Waals surface area contributed by atoms with Crippen molar-refractivity contribution < 1.29 is 28.5 Å². The van der Waals surface area contributed by atoms with Crippen LogP contribution in [0.3, 0.4) is 0 Å². The minimum Gasteiger partial charge on any atom is -0.396 e. The first-order valence-corrected chi connectivity index (χ1v) is 13.8. The quantitative estimate of drug-likeness (QED) is 0.231. The maximum atomic E-state index is 13.0. The molecule has 0 spiro atoms. The second-order valence-electron chi connectivity index (χ2n) is 10.2. The van der Waals surface area contributed by atoms with E-state index in [1.165, 1.54) is 22.4 Å². The van der Waals surface area contributed by atoms with Crippen LogP contribution >= 0.6 is 11.8 Å². The molecule has 13 heteroatoms. The molecule has 2 fully saturated rings. The number of hydrogen-bond donors (Lipinski definition) is 4. The molecule has 2 unspecified atom stereocenters. The van der Waals surface area contributed by atoms with Crippen molar-refractivity contribution >= 4 is 28.7 Å². The molecule has 6 rings (SSSR count). The van der Waals surface area contributed by atoms with Gasteiger partial charge in [-0.2, -0.15) is 13.2 Å². The van der Waals surface area contributed by atoms with Crippen LogP contribution in [0, 0.1) is 5.92 Å². The first kappa shape index (κ1) is 26.9. The van der Waals surface area contributed by atoms with Crippen molar-refractivity contribution in [2.45, 2.75) is 65.7 Å². The van der Waals surface area contributed by atoms with Gasteiger partial charge in [0.2, 0.25) is 0 Å². The fourth-order valence-electron chi connectivity index (χ4n) is 5.39. The third kappa shape index (κ3) is 5.26. The van der Waals surface area contributed by atoms with Crippen molar-refractivity contribution in [1.29, 1.82) is 0 Å². The number of alkyl halides is 3. The molecule has 2 aliphatic rings. The molecule has 2 aromatic carbocycles. The van der Waals surface area contributed by atoms with Crippen molar-refractivity contribution in [3.8, 4) is 0 Å². The Labute approximate surface area is 231 Å². The zero-order chi connectivity index (χ0) is 28.0. The van der Waals surface area contributed by atoms with Crippen LogP contribution in [-0.2, 0) is 6.18 Å². The number of aliphatic hydroxyl groups excluding tert-OH is 3. The summed E-state index contributed by atoms with van der Waals surface area (Å²) < 4.78 is 40.6. The fourth-order valence-corrected chi connectivity index (χ4v) is 6.14. The van der Waals surface area contributed by atoms with Crippen LogP contribution in [0.2, 0.25) is 0 Å². The average molecular weight is 573 g/mol. The predicted octanol–water partition coefficient (Wildman–Crippen LogP) is 4.02. The number of anilines is 1. The molecule has 40 heavy (non-hydrogen) atoms. The molecule has 0 saturated heterocycles. The number of aromatic nitrogens is 5. The van der Waals surface area contributed by atoms with E-state index in [0.717, 1.165) is 30.3 Å². The molecule has 4 aromatic rings. The van der Waals surface area contributed by atoms with E-state index in [1.54, 1.807) is 0 Å². The molecule has 0 bridgehead atoms. The Morgan fingerprint density at radius 3 is 2.42 bits per heavy atom. The standard InChI is InChI=1S/C27H27F3N6O3S/c28-27(29,30)16-6-8-17(9-7-16)40-26-32-24(31-19-13-18(19)14-4-2-1-3-5-14)21-25(33-26)36(35-34-21)20-12-15(10-11-37)22(38)23(20)39/h1-9,15,18-20,22-23,37-39H,10-13H2,(H,31,32,33)/t15-,18?,19?,20+,22+,23-/m1/s1. The Bertz CT molecular complexity index is 1490. The summed E-state index contributed by atoms with van der Waals surface area (Å²) in [4.78, 5) is 9.80. The van der Waals surface area contributed by atoms with Crippen LogP contribution in [0.5, 0.6) is 0 Å². The van der Waals surface area contributed by atoms with E-state index in [1.807, 2.05) is 18.2 Å². The van der Waals surface area contributed by atoms with Gasteiger partial charge in [0.15, 0.2) is 22.1 Å². The van der Waals surface area contributed by atoms with Crippen molar-refractivity contribution in [3.63, 3.8) is 0 Å². The van der Waals surface area contributed by atoms with Crippen LogP contribution < -0.4 is 5.32 Å². The number of hydrogen-bond acceptors (Lipinski definition) is 9. The average Bonchev–Trinajstić information content (AvgIpc) is 3.49. The van der Waals surface area contributed by atoms with Crippen LogP contribution in [0.15, 0.2) is 64.6 Å². The Kier molecular flexibility index (Phi) is 7.15. The lowest BCUT2D eigenvalue weighted by atomic mass is 10.0. The van der Waals surface area contributed by atoms with Gasteiger partial charge >= 0.3 is 6.18 Å². The summed E-state index contributed by atoms with van der Waals surface area (Å²) >= 11 is 1.10. The highest BCUT2D eigenvalue weighted by molar-refractivity contribution is 7.99. The summed E-state index contributed by atoms with van der Waals surface area (Å²) in [5, 5.41) is 43.0. The number of benzene rings is 2. The second-order valence-corrected chi connectivity index (χ2v) is 11.3. The molecular formula is C27H27F3N6O3S. The van der Waals surface area contributed by atoms with Crippen molar-refractivity contribution in [2.75, 3.05) is 11.9 Å². The van der Waals surface area contributed by atoms with Gasteiger partial charge < -0.3 is 20.6 Å². The van der Waals surface area contributed by atoms with Crippen molar-refractivity contribution in [2.24, 2.45) is 5.92 Å². The predicted molar refractivity (Wildman–Crippen MR) is 141 cm³/mol. The normalized spacial score (nSPS) is 26.4. The zero-order valence-electron chi connectivity index (χ0n) is 21.1. The molecule has 2 aromatic heterocycles. The maximum Gasteiger partial charge on any atom is 0.416 e. The molecule has 2 saturated carbocycles. The van der Waals surface area contributed by atoms with Gasteiger partial charge in [0, 0.05) is 23.5 Å². The number of aliphatic hydroxyl groups is 3.